The van der Waals surface area contributed by atoms with Crippen LogP contribution in [0.15, 0.2) is 0 Å². The van der Waals surface area contributed by atoms with Crippen LogP contribution in [-0.2, 0) is 23.1 Å². The zero-order valence-corrected chi connectivity index (χ0v) is 15.0. The number of rotatable bonds is 2. The van der Waals surface area contributed by atoms with Crippen LogP contribution >= 0.6 is 0 Å². The molecule has 1 saturated carbocycles. The Balaban J connectivity index is 1.67. The molecule has 0 saturated heterocycles. The lowest BCUT2D eigenvalue weighted by molar-refractivity contribution is -0.0122. The van der Waals surface area contributed by atoms with Crippen molar-refractivity contribution in [3.63, 3.8) is 0 Å². The van der Waals surface area contributed by atoms with E-state index in [0.717, 1.165) is 37.2 Å². The van der Waals surface area contributed by atoms with Gasteiger partial charge in [0, 0.05) is 0 Å². The molecule has 1 fully saturated rings. The van der Waals surface area contributed by atoms with Gasteiger partial charge in [-0.05, 0) is 85.0 Å². The quantitative estimate of drug-likeness (QED) is 0.838. The molecule has 0 aromatic carbocycles. The molecule has 0 aliphatic heterocycles. The smallest absolute Gasteiger partial charge is 0.0859 e. The number of fused-ring (bicyclic) bond motifs is 2. The normalized spacial score (nSPS) is 28.5. The molecule has 0 radical (unpaired) electrons. The van der Waals surface area contributed by atoms with Crippen LogP contribution in [0, 0.1) is 17.8 Å². The second-order valence-electron chi connectivity index (χ2n) is 9.06. The minimum absolute atomic E-state index is 0.0187. The highest BCUT2D eigenvalue weighted by Crippen LogP contribution is 2.53. The summed E-state index contributed by atoms with van der Waals surface area (Å²) in [5, 5.41) is 8.89. The van der Waals surface area contributed by atoms with Crippen LogP contribution in [0.3, 0.4) is 0 Å². The molecule has 1 aromatic rings. The molecule has 0 N–H and O–H groups in total. The van der Waals surface area contributed by atoms with E-state index in [2.05, 4.69) is 56.5 Å². The van der Waals surface area contributed by atoms with Crippen molar-refractivity contribution in [3.8, 4) is 0 Å². The van der Waals surface area contributed by atoms with E-state index < -0.39 is 0 Å². The maximum atomic E-state index is 6.03. The van der Waals surface area contributed by atoms with Gasteiger partial charge in [0.15, 0.2) is 0 Å². The molecule has 2 aliphatic rings. The summed E-state index contributed by atoms with van der Waals surface area (Å²) in [6.45, 7) is 14.0. The Morgan fingerprint density at radius 2 is 1.68 bits per heavy atom. The number of hydrogen-bond acceptors (Lipinski definition) is 3. The molecule has 3 rings (SSSR count). The van der Waals surface area contributed by atoms with Crippen LogP contribution in [0.25, 0.3) is 0 Å². The van der Waals surface area contributed by atoms with Crippen molar-refractivity contribution in [1.29, 1.82) is 0 Å². The predicted octanol–water partition coefficient (Wildman–Crippen LogP) is 3.59. The average Bonchev–Trinajstić information content (AvgIpc) is 2.83. The summed E-state index contributed by atoms with van der Waals surface area (Å²) in [7, 11) is 0. The molecule has 3 atom stereocenters. The highest BCUT2D eigenvalue weighted by atomic mass is 16.5. The molecule has 0 spiro atoms. The van der Waals surface area contributed by atoms with Crippen LogP contribution in [0.5, 0.6) is 0 Å². The monoisotopic (exact) mass is 305 g/mol. The van der Waals surface area contributed by atoms with Gasteiger partial charge in [-0.3, -0.25) is 0 Å². The van der Waals surface area contributed by atoms with Gasteiger partial charge < -0.3 is 4.74 Å². The zero-order valence-electron chi connectivity index (χ0n) is 15.0. The molecular formula is C18H31N3O. The van der Waals surface area contributed by atoms with Crippen molar-refractivity contribution >= 4 is 0 Å². The fourth-order valence-corrected chi connectivity index (χ4v) is 3.90. The Bertz CT molecular complexity index is 536. The van der Waals surface area contributed by atoms with E-state index >= 15 is 0 Å². The zero-order chi connectivity index (χ0) is 16.1. The van der Waals surface area contributed by atoms with E-state index in [-0.39, 0.29) is 11.1 Å². The van der Waals surface area contributed by atoms with Gasteiger partial charge in [0.1, 0.15) is 0 Å². The SMILES string of the molecule is CC(C)(C)OCC1C2CCc3nnn(C(C)(C)C)c3CCC21. The van der Waals surface area contributed by atoms with E-state index in [4.69, 9.17) is 4.74 Å². The third-order valence-electron chi connectivity index (χ3n) is 5.13. The molecular weight excluding hydrogens is 274 g/mol. The Labute approximate surface area is 134 Å². The maximum absolute atomic E-state index is 6.03. The molecule has 22 heavy (non-hydrogen) atoms. The van der Waals surface area contributed by atoms with Gasteiger partial charge in [0.25, 0.3) is 0 Å². The first-order valence-corrected chi connectivity index (χ1v) is 8.75. The van der Waals surface area contributed by atoms with Gasteiger partial charge in [-0.25, -0.2) is 4.68 Å². The summed E-state index contributed by atoms with van der Waals surface area (Å²) < 4.78 is 8.17. The average molecular weight is 305 g/mol. The predicted molar refractivity (Wildman–Crippen MR) is 87.8 cm³/mol. The first-order chi connectivity index (χ1) is 10.2. The summed E-state index contributed by atoms with van der Waals surface area (Å²) in [5.74, 6) is 2.45. The number of aromatic nitrogens is 3. The number of hydrogen-bond donors (Lipinski definition) is 0. The third-order valence-corrected chi connectivity index (χ3v) is 5.13. The van der Waals surface area contributed by atoms with Crippen molar-refractivity contribution in [3.05, 3.63) is 11.4 Å². The molecule has 0 amide bonds. The van der Waals surface area contributed by atoms with Crippen molar-refractivity contribution in [1.82, 2.24) is 15.0 Å². The first kappa shape index (κ1) is 16.0. The summed E-state index contributed by atoms with van der Waals surface area (Å²) in [4.78, 5) is 0. The standard InChI is InChI=1S/C18H31N3O/c1-17(2,3)21-16-10-8-13-12(7-9-15(16)19-20-21)14(13)11-22-18(4,5)6/h12-14H,7-11H2,1-6H3. The Morgan fingerprint density at radius 3 is 2.27 bits per heavy atom. The van der Waals surface area contributed by atoms with Crippen LogP contribution in [0.4, 0.5) is 0 Å². The molecule has 124 valence electrons. The Hall–Kier alpha value is -0.900. The van der Waals surface area contributed by atoms with E-state index in [0.29, 0.717) is 0 Å². The second kappa shape index (κ2) is 5.33. The molecule has 1 aromatic heterocycles. The van der Waals surface area contributed by atoms with Gasteiger partial charge in [-0.1, -0.05) is 5.21 Å². The molecule has 4 heteroatoms. The number of aryl methyl sites for hydroxylation is 1. The maximum Gasteiger partial charge on any atom is 0.0859 e. The largest absolute Gasteiger partial charge is 0.376 e. The van der Waals surface area contributed by atoms with Gasteiger partial charge in [0.05, 0.1) is 29.1 Å². The van der Waals surface area contributed by atoms with Crippen LogP contribution in [-0.4, -0.2) is 27.2 Å². The summed E-state index contributed by atoms with van der Waals surface area (Å²) in [5.41, 5.74) is 2.61. The number of nitrogens with zero attached hydrogens (tertiary/aromatic N) is 3. The van der Waals surface area contributed by atoms with Crippen molar-refractivity contribution in [2.24, 2.45) is 17.8 Å². The lowest BCUT2D eigenvalue weighted by atomic mass is 10.00. The topological polar surface area (TPSA) is 39.9 Å². The summed E-state index contributed by atoms with van der Waals surface area (Å²) >= 11 is 0. The second-order valence-corrected chi connectivity index (χ2v) is 9.06. The van der Waals surface area contributed by atoms with Crippen LogP contribution in [0.2, 0.25) is 0 Å². The van der Waals surface area contributed by atoms with Gasteiger partial charge >= 0.3 is 0 Å². The minimum Gasteiger partial charge on any atom is -0.376 e. The Morgan fingerprint density at radius 1 is 1.05 bits per heavy atom. The van der Waals surface area contributed by atoms with Gasteiger partial charge in [-0.15, -0.1) is 5.10 Å². The van der Waals surface area contributed by atoms with E-state index in [1.807, 2.05) is 0 Å². The summed E-state index contributed by atoms with van der Waals surface area (Å²) in [6, 6.07) is 0. The first-order valence-electron chi connectivity index (χ1n) is 8.75. The fraction of sp³-hybridized carbons (Fsp3) is 0.889. The van der Waals surface area contributed by atoms with E-state index in [1.54, 1.807) is 0 Å². The minimum atomic E-state index is -0.0187. The van der Waals surface area contributed by atoms with Crippen molar-refractivity contribution < 1.29 is 4.74 Å². The van der Waals surface area contributed by atoms with E-state index in [1.165, 1.54) is 24.2 Å². The van der Waals surface area contributed by atoms with Gasteiger partial charge in [0.2, 0.25) is 0 Å². The summed E-state index contributed by atoms with van der Waals surface area (Å²) in [6.07, 6.45) is 4.71. The van der Waals surface area contributed by atoms with E-state index in [9.17, 15) is 0 Å². The van der Waals surface area contributed by atoms with Crippen LogP contribution in [0.1, 0.15) is 65.8 Å². The van der Waals surface area contributed by atoms with Crippen LogP contribution < -0.4 is 0 Å². The third kappa shape index (κ3) is 3.22. The number of ether oxygens (including phenoxy) is 1. The lowest BCUT2D eigenvalue weighted by Crippen LogP contribution is -2.26. The fourth-order valence-electron chi connectivity index (χ4n) is 3.90. The molecule has 2 aliphatic carbocycles. The van der Waals surface area contributed by atoms with Crippen molar-refractivity contribution in [2.75, 3.05) is 6.61 Å². The molecule has 4 nitrogen and oxygen atoms in total. The highest BCUT2D eigenvalue weighted by molar-refractivity contribution is 5.16. The molecule has 0 bridgehead atoms. The molecule has 1 heterocycles. The lowest BCUT2D eigenvalue weighted by Gasteiger charge is -2.22. The van der Waals surface area contributed by atoms with Gasteiger partial charge in [-0.2, -0.15) is 0 Å². The molecule has 3 unspecified atom stereocenters. The highest BCUT2D eigenvalue weighted by Gasteiger charge is 2.50. The van der Waals surface area contributed by atoms with Crippen molar-refractivity contribution in [2.45, 2.75) is 78.4 Å². The Kier molecular flexibility index (Phi) is 3.87.